The van der Waals surface area contributed by atoms with Gasteiger partial charge in [0.25, 0.3) is 0 Å². The van der Waals surface area contributed by atoms with Crippen molar-refractivity contribution >= 4 is 11.6 Å². The molecule has 0 atom stereocenters. The number of benzene rings is 2. The van der Waals surface area contributed by atoms with Gasteiger partial charge in [0.15, 0.2) is 0 Å². The highest BCUT2D eigenvalue weighted by Crippen LogP contribution is 2.36. The lowest BCUT2D eigenvalue weighted by Crippen LogP contribution is -2.17. The number of para-hydroxylation sites is 1. The summed E-state index contributed by atoms with van der Waals surface area (Å²) in [6.07, 6.45) is -4.78. The van der Waals surface area contributed by atoms with Gasteiger partial charge < -0.3 is 9.84 Å². The summed E-state index contributed by atoms with van der Waals surface area (Å²) in [6.45, 7) is 0. The van der Waals surface area contributed by atoms with Crippen LogP contribution in [0.5, 0.6) is 11.5 Å². The lowest BCUT2D eigenvalue weighted by molar-refractivity contribution is -0.274. The van der Waals surface area contributed by atoms with Crippen molar-refractivity contribution in [1.29, 1.82) is 0 Å². The summed E-state index contributed by atoms with van der Waals surface area (Å²) in [5.41, 5.74) is 0.530. The van der Waals surface area contributed by atoms with Gasteiger partial charge in [-0.15, -0.1) is 13.2 Å². The number of alkyl halides is 3. The maximum absolute atomic E-state index is 12.3. The first kappa shape index (κ1) is 13.5. The van der Waals surface area contributed by atoms with Gasteiger partial charge >= 0.3 is 6.36 Å². The van der Waals surface area contributed by atoms with Crippen molar-refractivity contribution < 1.29 is 23.0 Å². The molecule has 100 valence electrons. The average Bonchev–Trinajstić information content (AvgIpc) is 2.26. The van der Waals surface area contributed by atoms with Crippen LogP contribution in [-0.2, 0) is 0 Å². The Labute approximate surface area is 112 Å². The summed E-state index contributed by atoms with van der Waals surface area (Å²) in [7, 11) is 0. The van der Waals surface area contributed by atoms with E-state index in [0.717, 1.165) is 0 Å². The Morgan fingerprint density at radius 3 is 2.37 bits per heavy atom. The molecule has 0 amide bonds. The van der Waals surface area contributed by atoms with Gasteiger partial charge in [0, 0.05) is 10.6 Å². The summed E-state index contributed by atoms with van der Waals surface area (Å²) in [4.78, 5) is 0. The number of rotatable bonds is 2. The fraction of sp³-hybridized carbons (Fsp3) is 0.0769. The van der Waals surface area contributed by atoms with Crippen LogP contribution in [0.4, 0.5) is 13.2 Å². The molecule has 2 aromatic carbocycles. The molecule has 2 nitrogen and oxygen atoms in total. The summed E-state index contributed by atoms with van der Waals surface area (Å²) in [6, 6.07) is 9.68. The van der Waals surface area contributed by atoms with Gasteiger partial charge in [0.05, 0.1) is 0 Å². The van der Waals surface area contributed by atoms with E-state index in [-0.39, 0.29) is 22.1 Å². The zero-order valence-corrected chi connectivity index (χ0v) is 10.2. The molecule has 6 heteroatoms. The van der Waals surface area contributed by atoms with E-state index in [0.29, 0.717) is 5.56 Å². The fourth-order valence-corrected chi connectivity index (χ4v) is 1.88. The summed E-state index contributed by atoms with van der Waals surface area (Å²) < 4.78 is 40.8. The van der Waals surface area contributed by atoms with Crippen molar-refractivity contribution in [3.05, 3.63) is 47.5 Å². The lowest BCUT2D eigenvalue weighted by atomic mass is 10.0. The predicted octanol–water partition coefficient (Wildman–Crippen LogP) is 4.61. The Balaban J connectivity index is 2.50. The van der Waals surface area contributed by atoms with E-state index in [2.05, 4.69) is 4.74 Å². The van der Waals surface area contributed by atoms with Crippen molar-refractivity contribution in [2.45, 2.75) is 6.36 Å². The van der Waals surface area contributed by atoms with Crippen molar-refractivity contribution in [2.75, 3.05) is 0 Å². The van der Waals surface area contributed by atoms with E-state index in [1.807, 2.05) is 0 Å². The highest BCUT2D eigenvalue weighted by atomic mass is 35.5. The number of ether oxygens (including phenoxy) is 1. The Morgan fingerprint density at radius 1 is 1.05 bits per heavy atom. The largest absolute Gasteiger partial charge is 0.573 e. The number of phenols is 1. The number of hydrogen-bond acceptors (Lipinski definition) is 2. The van der Waals surface area contributed by atoms with Crippen LogP contribution >= 0.6 is 11.6 Å². The standard InChI is InChI=1S/C13H8ClF3O2/c14-9-5-8(6-10(18)7-9)11-3-1-2-4-12(11)19-13(15,16)17/h1-7,18H. The van der Waals surface area contributed by atoms with Crippen LogP contribution in [-0.4, -0.2) is 11.5 Å². The molecular formula is C13H8ClF3O2. The Kier molecular flexibility index (Phi) is 3.57. The van der Waals surface area contributed by atoms with Gasteiger partial charge in [-0.05, 0) is 29.8 Å². The quantitative estimate of drug-likeness (QED) is 0.874. The van der Waals surface area contributed by atoms with Crippen LogP contribution in [0.15, 0.2) is 42.5 Å². The second-order valence-electron chi connectivity index (χ2n) is 3.74. The third-order valence-corrected chi connectivity index (χ3v) is 2.52. The molecule has 0 fully saturated rings. The van der Waals surface area contributed by atoms with Crippen LogP contribution in [0.25, 0.3) is 11.1 Å². The third-order valence-electron chi connectivity index (χ3n) is 2.31. The summed E-state index contributed by atoms with van der Waals surface area (Å²) in [5.74, 6) is -0.485. The Morgan fingerprint density at radius 2 is 1.74 bits per heavy atom. The molecule has 0 heterocycles. The first-order chi connectivity index (χ1) is 8.85. The second kappa shape index (κ2) is 5.01. The molecule has 0 bridgehead atoms. The van der Waals surface area contributed by atoms with Gasteiger partial charge in [-0.3, -0.25) is 0 Å². The number of phenolic OH excluding ortho intramolecular Hbond substituents is 1. The first-order valence-corrected chi connectivity index (χ1v) is 5.58. The van der Waals surface area contributed by atoms with Crippen molar-refractivity contribution in [1.82, 2.24) is 0 Å². The molecule has 2 rings (SSSR count). The highest BCUT2D eigenvalue weighted by molar-refractivity contribution is 6.31. The van der Waals surface area contributed by atoms with Crippen LogP contribution in [0.3, 0.4) is 0 Å². The molecule has 19 heavy (non-hydrogen) atoms. The molecule has 0 aliphatic rings. The van der Waals surface area contributed by atoms with E-state index in [1.165, 1.54) is 36.4 Å². The third kappa shape index (κ3) is 3.54. The topological polar surface area (TPSA) is 29.5 Å². The van der Waals surface area contributed by atoms with Gasteiger partial charge in [-0.25, -0.2) is 0 Å². The van der Waals surface area contributed by atoms with Crippen LogP contribution < -0.4 is 4.74 Å². The van der Waals surface area contributed by atoms with Crippen molar-refractivity contribution in [3.63, 3.8) is 0 Å². The highest BCUT2D eigenvalue weighted by Gasteiger charge is 2.32. The molecule has 0 saturated heterocycles. The number of halogens is 4. The number of hydrogen-bond donors (Lipinski definition) is 1. The monoisotopic (exact) mass is 288 g/mol. The number of aromatic hydroxyl groups is 1. The van der Waals surface area contributed by atoms with E-state index in [1.54, 1.807) is 6.07 Å². The maximum Gasteiger partial charge on any atom is 0.573 e. The smallest absolute Gasteiger partial charge is 0.508 e. The molecule has 0 saturated carbocycles. The molecule has 0 radical (unpaired) electrons. The van der Waals surface area contributed by atoms with Crippen LogP contribution in [0, 0.1) is 0 Å². The summed E-state index contributed by atoms with van der Waals surface area (Å²) >= 11 is 5.76. The molecule has 0 aromatic heterocycles. The molecule has 0 aliphatic heterocycles. The lowest BCUT2D eigenvalue weighted by Gasteiger charge is -2.13. The molecule has 1 N–H and O–H groups in total. The Bertz CT molecular complexity index is 576. The predicted molar refractivity (Wildman–Crippen MR) is 65.2 cm³/mol. The minimum atomic E-state index is -4.78. The van der Waals surface area contributed by atoms with Crippen molar-refractivity contribution in [2.24, 2.45) is 0 Å². The van der Waals surface area contributed by atoms with Gasteiger partial charge in [0.2, 0.25) is 0 Å². The van der Waals surface area contributed by atoms with E-state index >= 15 is 0 Å². The molecule has 0 spiro atoms. The SMILES string of the molecule is Oc1cc(Cl)cc(-c2ccccc2OC(F)(F)F)c1. The van der Waals surface area contributed by atoms with E-state index < -0.39 is 6.36 Å². The average molecular weight is 289 g/mol. The first-order valence-electron chi connectivity index (χ1n) is 5.20. The minimum absolute atomic E-state index is 0.135. The fourth-order valence-electron chi connectivity index (χ4n) is 1.65. The maximum atomic E-state index is 12.3. The van der Waals surface area contributed by atoms with Crippen molar-refractivity contribution in [3.8, 4) is 22.6 Å². The zero-order valence-electron chi connectivity index (χ0n) is 9.41. The molecule has 0 aliphatic carbocycles. The van der Waals surface area contributed by atoms with Gasteiger partial charge in [-0.1, -0.05) is 29.8 Å². The molecule has 0 unspecified atom stereocenters. The van der Waals surface area contributed by atoms with E-state index in [4.69, 9.17) is 11.6 Å². The van der Waals surface area contributed by atoms with Crippen LogP contribution in [0.1, 0.15) is 0 Å². The second-order valence-corrected chi connectivity index (χ2v) is 4.18. The van der Waals surface area contributed by atoms with Crippen LogP contribution in [0.2, 0.25) is 5.02 Å². The zero-order chi connectivity index (χ0) is 14.0. The molecule has 2 aromatic rings. The Hall–Kier alpha value is -1.88. The summed E-state index contributed by atoms with van der Waals surface area (Å²) in [5, 5.41) is 9.65. The van der Waals surface area contributed by atoms with Gasteiger partial charge in [0.1, 0.15) is 11.5 Å². The molecular weight excluding hydrogens is 281 g/mol. The normalized spacial score (nSPS) is 11.4. The van der Waals surface area contributed by atoms with Gasteiger partial charge in [-0.2, -0.15) is 0 Å². The van der Waals surface area contributed by atoms with E-state index in [9.17, 15) is 18.3 Å². The minimum Gasteiger partial charge on any atom is -0.508 e.